The summed E-state index contributed by atoms with van der Waals surface area (Å²) in [4.78, 5) is 11.8. The summed E-state index contributed by atoms with van der Waals surface area (Å²) in [6.45, 7) is 3.92. The molecule has 4 aliphatic carbocycles. The van der Waals surface area contributed by atoms with Gasteiger partial charge in [-0.05, 0) is 56.3 Å². The molecule has 4 heteroatoms. The van der Waals surface area contributed by atoms with Gasteiger partial charge in [-0.15, -0.1) is 0 Å². The molecular weight excluding hydrogens is 256 g/mol. The molecule has 0 spiro atoms. The molecule has 0 saturated heterocycles. The first-order chi connectivity index (χ1) is 9.36. The standard InChI is InChI=1S/C16H26O4/c1-3-10(2)14(17)20-9-16(19)12-4-11-5-13(16)8-15(18,6-11)7-12/h10-13,18-19H,3-9H2,1-2H3. The maximum Gasteiger partial charge on any atom is 0.308 e. The van der Waals surface area contributed by atoms with Gasteiger partial charge in [-0.1, -0.05) is 13.8 Å². The van der Waals surface area contributed by atoms with Crippen LogP contribution in [0.15, 0.2) is 0 Å². The molecule has 4 nitrogen and oxygen atoms in total. The van der Waals surface area contributed by atoms with E-state index in [9.17, 15) is 15.0 Å². The Kier molecular flexibility index (Phi) is 3.37. The van der Waals surface area contributed by atoms with E-state index in [1.165, 1.54) is 0 Å². The lowest BCUT2D eigenvalue weighted by Gasteiger charge is -2.61. The topological polar surface area (TPSA) is 66.8 Å². The molecule has 4 rings (SSSR count). The summed E-state index contributed by atoms with van der Waals surface area (Å²) in [7, 11) is 0. The first-order valence-electron chi connectivity index (χ1n) is 7.97. The second-order valence-electron chi connectivity index (χ2n) is 7.48. The number of carbonyl (C=O) groups is 1. The van der Waals surface area contributed by atoms with Crippen molar-refractivity contribution < 1.29 is 19.7 Å². The van der Waals surface area contributed by atoms with E-state index in [2.05, 4.69) is 0 Å². The lowest BCUT2D eigenvalue weighted by atomic mass is 9.48. The first-order valence-corrected chi connectivity index (χ1v) is 7.97. The van der Waals surface area contributed by atoms with Gasteiger partial charge >= 0.3 is 5.97 Å². The van der Waals surface area contributed by atoms with Gasteiger partial charge in [-0.2, -0.15) is 0 Å². The lowest BCUT2D eigenvalue weighted by Crippen LogP contribution is -2.65. The molecule has 0 radical (unpaired) electrons. The Morgan fingerprint density at radius 1 is 1.25 bits per heavy atom. The summed E-state index contributed by atoms with van der Waals surface area (Å²) in [6, 6.07) is 0. The van der Waals surface area contributed by atoms with Gasteiger partial charge in [-0.3, -0.25) is 4.79 Å². The maximum atomic E-state index is 11.8. The van der Waals surface area contributed by atoms with Crippen LogP contribution in [-0.4, -0.2) is 34.0 Å². The Labute approximate surface area is 120 Å². The highest BCUT2D eigenvalue weighted by molar-refractivity contribution is 5.71. The van der Waals surface area contributed by atoms with E-state index in [0.29, 0.717) is 18.8 Å². The first kappa shape index (κ1) is 14.3. The average molecular weight is 282 g/mol. The van der Waals surface area contributed by atoms with Crippen molar-refractivity contribution in [1.29, 1.82) is 0 Å². The third kappa shape index (κ3) is 2.17. The van der Waals surface area contributed by atoms with E-state index in [0.717, 1.165) is 25.7 Å². The number of ether oxygens (including phenoxy) is 1. The Hall–Kier alpha value is -0.610. The van der Waals surface area contributed by atoms with E-state index in [4.69, 9.17) is 4.74 Å². The van der Waals surface area contributed by atoms with Crippen LogP contribution < -0.4 is 0 Å². The van der Waals surface area contributed by atoms with Crippen LogP contribution >= 0.6 is 0 Å². The fourth-order valence-corrected chi connectivity index (χ4v) is 4.77. The van der Waals surface area contributed by atoms with E-state index in [1.807, 2.05) is 13.8 Å². The van der Waals surface area contributed by atoms with E-state index in [1.54, 1.807) is 0 Å². The molecule has 0 aliphatic heterocycles. The van der Waals surface area contributed by atoms with Crippen molar-refractivity contribution in [3.8, 4) is 0 Å². The Balaban J connectivity index is 1.69. The zero-order valence-electron chi connectivity index (χ0n) is 12.5. The highest BCUT2D eigenvalue weighted by Crippen LogP contribution is 2.59. The molecule has 0 amide bonds. The molecule has 4 fully saturated rings. The number of aliphatic hydroxyl groups is 2. The van der Waals surface area contributed by atoms with Crippen molar-refractivity contribution in [2.45, 2.75) is 63.6 Å². The van der Waals surface area contributed by atoms with Crippen molar-refractivity contribution in [2.24, 2.45) is 23.7 Å². The lowest BCUT2D eigenvalue weighted by molar-refractivity contribution is -0.242. The van der Waals surface area contributed by atoms with Crippen molar-refractivity contribution in [3.63, 3.8) is 0 Å². The molecule has 4 bridgehead atoms. The summed E-state index contributed by atoms with van der Waals surface area (Å²) in [6.07, 6.45) is 4.91. The van der Waals surface area contributed by atoms with Gasteiger partial charge in [0.2, 0.25) is 0 Å². The van der Waals surface area contributed by atoms with E-state index in [-0.39, 0.29) is 30.3 Å². The molecule has 3 atom stereocenters. The monoisotopic (exact) mass is 282 g/mol. The Bertz CT molecular complexity index is 389. The molecule has 2 N–H and O–H groups in total. The van der Waals surface area contributed by atoms with Crippen LogP contribution in [0.5, 0.6) is 0 Å². The van der Waals surface area contributed by atoms with Crippen LogP contribution in [0.2, 0.25) is 0 Å². The summed E-state index contributed by atoms with van der Waals surface area (Å²) in [5, 5.41) is 21.5. The minimum Gasteiger partial charge on any atom is -0.462 e. The fourth-order valence-electron chi connectivity index (χ4n) is 4.77. The second kappa shape index (κ2) is 4.70. The van der Waals surface area contributed by atoms with Gasteiger partial charge in [0.1, 0.15) is 12.2 Å². The van der Waals surface area contributed by atoms with Gasteiger partial charge in [0, 0.05) is 0 Å². The van der Waals surface area contributed by atoms with Crippen molar-refractivity contribution >= 4 is 5.97 Å². The molecule has 4 saturated carbocycles. The normalized spacial score (nSPS) is 47.3. The molecule has 0 aromatic rings. The predicted molar refractivity (Wildman–Crippen MR) is 73.9 cm³/mol. The summed E-state index contributed by atoms with van der Waals surface area (Å²) in [5.41, 5.74) is -1.48. The number of rotatable bonds is 4. The van der Waals surface area contributed by atoms with Gasteiger partial charge in [0.25, 0.3) is 0 Å². The van der Waals surface area contributed by atoms with Crippen LogP contribution in [0.3, 0.4) is 0 Å². The number of hydrogen-bond acceptors (Lipinski definition) is 4. The minimum atomic E-state index is -0.910. The molecule has 3 unspecified atom stereocenters. The summed E-state index contributed by atoms with van der Waals surface area (Å²) >= 11 is 0. The van der Waals surface area contributed by atoms with Crippen LogP contribution in [0.4, 0.5) is 0 Å². The number of esters is 1. The fraction of sp³-hybridized carbons (Fsp3) is 0.938. The van der Waals surface area contributed by atoms with Crippen molar-refractivity contribution in [3.05, 3.63) is 0 Å². The van der Waals surface area contributed by atoms with E-state index < -0.39 is 11.2 Å². The Morgan fingerprint density at radius 2 is 1.85 bits per heavy atom. The SMILES string of the molecule is CCC(C)C(=O)OCC1(O)C2CC3CC1CC(O)(C3)C2. The van der Waals surface area contributed by atoms with E-state index >= 15 is 0 Å². The van der Waals surface area contributed by atoms with Crippen LogP contribution in [0, 0.1) is 23.7 Å². The molecular formula is C16H26O4. The predicted octanol–water partition coefficient (Wildman–Crippen LogP) is 1.88. The van der Waals surface area contributed by atoms with Crippen LogP contribution in [0.25, 0.3) is 0 Å². The second-order valence-corrected chi connectivity index (χ2v) is 7.48. The van der Waals surface area contributed by atoms with Crippen LogP contribution in [0.1, 0.15) is 52.4 Å². The zero-order valence-corrected chi connectivity index (χ0v) is 12.5. The van der Waals surface area contributed by atoms with Gasteiger partial charge in [-0.25, -0.2) is 0 Å². The summed E-state index contributed by atoms with van der Waals surface area (Å²) in [5.74, 6) is 0.392. The third-order valence-corrected chi connectivity index (χ3v) is 6.03. The molecule has 20 heavy (non-hydrogen) atoms. The smallest absolute Gasteiger partial charge is 0.308 e. The van der Waals surface area contributed by atoms with Crippen molar-refractivity contribution in [2.75, 3.05) is 6.61 Å². The van der Waals surface area contributed by atoms with Crippen molar-refractivity contribution in [1.82, 2.24) is 0 Å². The molecule has 0 heterocycles. The quantitative estimate of drug-likeness (QED) is 0.773. The van der Waals surface area contributed by atoms with Gasteiger partial charge in [0.15, 0.2) is 0 Å². The molecule has 0 aromatic carbocycles. The average Bonchev–Trinajstić information content (AvgIpc) is 2.39. The minimum absolute atomic E-state index is 0.0866. The summed E-state index contributed by atoms with van der Waals surface area (Å²) < 4.78 is 5.39. The molecule has 114 valence electrons. The van der Waals surface area contributed by atoms with Gasteiger partial charge < -0.3 is 14.9 Å². The molecule has 4 aliphatic rings. The third-order valence-electron chi connectivity index (χ3n) is 6.03. The highest BCUT2D eigenvalue weighted by atomic mass is 16.5. The number of carbonyl (C=O) groups excluding carboxylic acids is 1. The molecule has 0 aromatic heterocycles. The maximum absolute atomic E-state index is 11.8. The number of hydrogen-bond donors (Lipinski definition) is 2. The Morgan fingerprint density at radius 3 is 2.35 bits per heavy atom. The largest absolute Gasteiger partial charge is 0.462 e. The highest BCUT2D eigenvalue weighted by Gasteiger charge is 2.61. The van der Waals surface area contributed by atoms with Crippen LogP contribution in [-0.2, 0) is 9.53 Å². The zero-order chi connectivity index (χ0) is 14.5. The van der Waals surface area contributed by atoms with Gasteiger partial charge in [0.05, 0.1) is 11.5 Å².